The van der Waals surface area contributed by atoms with Gasteiger partial charge in [0, 0.05) is 12.1 Å². The van der Waals surface area contributed by atoms with Crippen molar-refractivity contribution in [1.29, 1.82) is 0 Å². The van der Waals surface area contributed by atoms with Crippen molar-refractivity contribution in [3.05, 3.63) is 99.1 Å². The topological polar surface area (TPSA) is 79.5 Å². The van der Waals surface area contributed by atoms with Crippen LogP contribution in [0.4, 0.5) is 5.69 Å². The molecular weight excluding hydrogens is 354 g/mol. The van der Waals surface area contributed by atoms with E-state index in [4.69, 9.17) is 4.42 Å². The molecule has 3 rings (SSSR count). The van der Waals surface area contributed by atoms with Crippen LogP contribution in [-0.4, -0.2) is 11.0 Å². The molecule has 0 aliphatic carbocycles. The van der Waals surface area contributed by atoms with Crippen molar-refractivity contribution in [3.8, 4) is 0 Å². The summed E-state index contributed by atoms with van der Waals surface area (Å²) in [7, 11) is 0. The third-order valence-electron chi connectivity index (χ3n) is 4.53. The van der Waals surface area contributed by atoms with Crippen LogP contribution in [0.2, 0.25) is 0 Å². The summed E-state index contributed by atoms with van der Waals surface area (Å²) in [6.45, 7) is 1.61. The maximum Gasteiger partial charge on any atom is 0.349 e. The van der Waals surface area contributed by atoms with Gasteiger partial charge in [0.05, 0.1) is 6.61 Å². The fourth-order valence-electron chi connectivity index (χ4n) is 3.12. The lowest BCUT2D eigenvalue weighted by Gasteiger charge is -2.09. The van der Waals surface area contributed by atoms with Crippen LogP contribution in [0.25, 0.3) is 0 Å². The van der Waals surface area contributed by atoms with Crippen LogP contribution in [0.5, 0.6) is 0 Å². The minimum Gasteiger partial charge on any atom is -0.427 e. The molecule has 0 saturated carbocycles. The van der Waals surface area contributed by atoms with Gasteiger partial charge in [0.2, 0.25) is 0 Å². The summed E-state index contributed by atoms with van der Waals surface area (Å²) in [5.74, 6) is 0.0643. The quantitative estimate of drug-likeness (QED) is 0.655. The number of aryl methyl sites for hydroxylation is 3. The summed E-state index contributed by atoms with van der Waals surface area (Å²) < 4.78 is 5.37. The average molecular weight is 377 g/mol. The molecule has 2 N–H and O–H groups in total. The second kappa shape index (κ2) is 9.15. The van der Waals surface area contributed by atoms with Crippen molar-refractivity contribution in [2.45, 2.75) is 32.8 Å². The Bertz CT molecular complexity index is 1010. The zero-order valence-electron chi connectivity index (χ0n) is 15.8. The lowest BCUT2D eigenvalue weighted by Crippen LogP contribution is -2.23. The number of hydrogen-bond acceptors (Lipinski definition) is 4. The van der Waals surface area contributed by atoms with Crippen molar-refractivity contribution in [1.82, 2.24) is 0 Å². The first-order chi connectivity index (χ1) is 13.6. The van der Waals surface area contributed by atoms with Gasteiger partial charge in [0.25, 0.3) is 5.91 Å². The van der Waals surface area contributed by atoms with Gasteiger partial charge in [0.15, 0.2) is 0 Å². The molecule has 0 spiro atoms. The Kier molecular flexibility index (Phi) is 6.40. The molecule has 5 nitrogen and oxygen atoms in total. The van der Waals surface area contributed by atoms with Crippen LogP contribution in [0.15, 0.2) is 69.9 Å². The van der Waals surface area contributed by atoms with E-state index >= 15 is 0 Å². The number of nitrogens with one attached hydrogen (secondary N) is 1. The number of amides is 1. The van der Waals surface area contributed by atoms with E-state index in [2.05, 4.69) is 17.4 Å². The van der Waals surface area contributed by atoms with E-state index < -0.39 is 11.5 Å². The van der Waals surface area contributed by atoms with Crippen molar-refractivity contribution >= 4 is 11.6 Å². The smallest absolute Gasteiger partial charge is 0.349 e. The van der Waals surface area contributed by atoms with Crippen molar-refractivity contribution in [3.63, 3.8) is 0 Å². The van der Waals surface area contributed by atoms with E-state index in [1.165, 1.54) is 5.56 Å². The van der Waals surface area contributed by atoms with E-state index in [0.717, 1.165) is 12.8 Å². The normalized spacial score (nSPS) is 10.6. The van der Waals surface area contributed by atoms with Crippen LogP contribution in [0, 0.1) is 6.92 Å². The first-order valence-corrected chi connectivity index (χ1v) is 9.25. The molecule has 0 fully saturated rings. The van der Waals surface area contributed by atoms with E-state index in [1.54, 1.807) is 37.3 Å². The Morgan fingerprint density at radius 2 is 1.75 bits per heavy atom. The number of carbonyl (C=O) groups is 1. The summed E-state index contributed by atoms with van der Waals surface area (Å²) in [6, 6.07) is 18.7. The molecule has 1 heterocycles. The van der Waals surface area contributed by atoms with Gasteiger partial charge in [-0.2, -0.15) is 0 Å². The predicted molar refractivity (Wildman–Crippen MR) is 109 cm³/mol. The molecule has 144 valence electrons. The van der Waals surface area contributed by atoms with E-state index in [9.17, 15) is 14.7 Å². The molecule has 0 atom stereocenters. The number of rotatable bonds is 7. The van der Waals surface area contributed by atoms with Crippen LogP contribution >= 0.6 is 0 Å². The molecule has 0 aliphatic heterocycles. The fraction of sp³-hybridized carbons (Fsp3) is 0.217. The monoisotopic (exact) mass is 377 g/mol. The lowest BCUT2D eigenvalue weighted by atomic mass is 10.1. The SMILES string of the molecule is Cc1cc(CCCc2ccccc2)oc(=O)c1C(=O)Nc1cccc(CO)c1. The van der Waals surface area contributed by atoms with Gasteiger partial charge in [-0.15, -0.1) is 0 Å². The molecular formula is C23H23NO4. The molecule has 0 unspecified atom stereocenters. The minimum absolute atomic E-state index is 0.00112. The molecule has 0 bridgehead atoms. The Morgan fingerprint density at radius 1 is 1.00 bits per heavy atom. The van der Waals surface area contributed by atoms with Crippen LogP contribution < -0.4 is 10.9 Å². The standard InChI is InChI=1S/C23H23NO4/c1-16-13-20(12-6-9-17-7-3-2-4-8-17)28-23(27)21(16)22(26)24-19-11-5-10-18(14-19)15-25/h2-5,7-8,10-11,13-14,25H,6,9,12,15H2,1H3,(H,24,26). The summed E-state index contributed by atoms with van der Waals surface area (Å²) in [5.41, 5.74) is 2.38. The summed E-state index contributed by atoms with van der Waals surface area (Å²) in [4.78, 5) is 24.9. The maximum atomic E-state index is 12.5. The second-order valence-electron chi connectivity index (χ2n) is 6.71. The largest absolute Gasteiger partial charge is 0.427 e. The van der Waals surface area contributed by atoms with Crippen molar-refractivity contribution in [2.75, 3.05) is 5.32 Å². The molecule has 0 aliphatic rings. The van der Waals surface area contributed by atoms with E-state index in [1.807, 2.05) is 18.2 Å². The Morgan fingerprint density at radius 3 is 2.46 bits per heavy atom. The molecule has 0 saturated heterocycles. The fourth-order valence-corrected chi connectivity index (χ4v) is 3.12. The highest BCUT2D eigenvalue weighted by atomic mass is 16.4. The third kappa shape index (κ3) is 4.96. The van der Waals surface area contributed by atoms with Crippen LogP contribution in [-0.2, 0) is 19.4 Å². The van der Waals surface area contributed by atoms with E-state index in [0.29, 0.717) is 29.0 Å². The van der Waals surface area contributed by atoms with Gasteiger partial charge in [-0.3, -0.25) is 4.79 Å². The molecule has 0 radical (unpaired) electrons. The van der Waals surface area contributed by atoms with Crippen LogP contribution in [0.3, 0.4) is 0 Å². The molecule has 28 heavy (non-hydrogen) atoms. The molecule has 3 aromatic rings. The van der Waals surface area contributed by atoms with Gasteiger partial charge in [-0.1, -0.05) is 42.5 Å². The van der Waals surface area contributed by atoms with Crippen molar-refractivity contribution < 1.29 is 14.3 Å². The zero-order valence-corrected chi connectivity index (χ0v) is 15.8. The molecule has 1 amide bonds. The Hall–Kier alpha value is -3.18. The number of anilines is 1. The van der Waals surface area contributed by atoms with Gasteiger partial charge < -0.3 is 14.8 Å². The van der Waals surface area contributed by atoms with Gasteiger partial charge in [-0.05, 0) is 54.7 Å². The van der Waals surface area contributed by atoms with Crippen LogP contribution in [0.1, 0.15) is 39.2 Å². The highest BCUT2D eigenvalue weighted by molar-refractivity contribution is 6.04. The van der Waals surface area contributed by atoms with Gasteiger partial charge in [0.1, 0.15) is 11.3 Å². The minimum atomic E-state index is -0.634. The summed E-state index contributed by atoms with van der Waals surface area (Å²) in [6.07, 6.45) is 2.38. The highest BCUT2D eigenvalue weighted by Gasteiger charge is 2.17. The highest BCUT2D eigenvalue weighted by Crippen LogP contribution is 2.15. The average Bonchev–Trinajstić information content (AvgIpc) is 2.68. The van der Waals surface area contributed by atoms with Crippen molar-refractivity contribution in [2.24, 2.45) is 0 Å². The zero-order chi connectivity index (χ0) is 19.9. The Balaban J connectivity index is 1.68. The molecule has 2 aromatic carbocycles. The molecule has 5 heteroatoms. The molecule has 1 aromatic heterocycles. The number of hydrogen-bond donors (Lipinski definition) is 2. The number of aliphatic hydroxyl groups excluding tert-OH is 1. The number of benzene rings is 2. The Labute approximate surface area is 163 Å². The van der Waals surface area contributed by atoms with Gasteiger partial charge in [-0.25, -0.2) is 4.79 Å². The maximum absolute atomic E-state index is 12.5. The number of aliphatic hydroxyl groups is 1. The van der Waals surface area contributed by atoms with E-state index in [-0.39, 0.29) is 12.2 Å². The summed E-state index contributed by atoms with van der Waals surface area (Å²) in [5, 5.41) is 11.9. The third-order valence-corrected chi connectivity index (χ3v) is 4.53. The lowest BCUT2D eigenvalue weighted by molar-refractivity contribution is 0.102. The first-order valence-electron chi connectivity index (χ1n) is 9.25. The first kappa shape index (κ1) is 19.6. The summed E-state index contributed by atoms with van der Waals surface area (Å²) >= 11 is 0. The number of carbonyl (C=O) groups excluding carboxylic acids is 1. The van der Waals surface area contributed by atoms with Gasteiger partial charge >= 0.3 is 5.63 Å². The predicted octanol–water partition coefficient (Wildman–Crippen LogP) is 3.87. The second-order valence-corrected chi connectivity index (χ2v) is 6.71.